The minimum absolute atomic E-state index is 0.0537. The third-order valence-corrected chi connectivity index (χ3v) is 3.73. The van der Waals surface area contributed by atoms with Gasteiger partial charge >= 0.3 is 11.9 Å². The fourth-order valence-electron chi connectivity index (χ4n) is 1.61. The van der Waals surface area contributed by atoms with E-state index in [9.17, 15) is 14.4 Å². The molecule has 0 fully saturated rings. The first kappa shape index (κ1) is 16.2. The molecule has 1 amide bonds. The van der Waals surface area contributed by atoms with Crippen LogP contribution in [0.2, 0.25) is 0 Å². The average molecular weight is 299 g/mol. The predicted molar refractivity (Wildman–Crippen MR) is 75.1 cm³/mol. The number of ether oxygens (including phenoxy) is 1. The van der Waals surface area contributed by atoms with Gasteiger partial charge in [-0.3, -0.25) is 9.59 Å². The number of aryl methyl sites for hydroxylation is 1. The predicted octanol–water partition coefficient (Wildman–Crippen LogP) is 2.43. The summed E-state index contributed by atoms with van der Waals surface area (Å²) in [7, 11) is 1.29. The topological polar surface area (TPSA) is 92.7 Å². The van der Waals surface area contributed by atoms with Crippen LogP contribution in [-0.4, -0.2) is 30.1 Å². The van der Waals surface area contributed by atoms with Gasteiger partial charge in [-0.25, -0.2) is 4.79 Å². The minimum Gasteiger partial charge on any atom is -0.481 e. The quantitative estimate of drug-likeness (QED) is 0.596. The summed E-state index contributed by atoms with van der Waals surface area (Å²) in [5.74, 6) is -1.58. The van der Waals surface area contributed by atoms with Crippen LogP contribution in [0.25, 0.3) is 0 Å². The molecule has 0 spiro atoms. The maximum Gasteiger partial charge on any atom is 0.350 e. The van der Waals surface area contributed by atoms with Crippen LogP contribution in [0, 0.1) is 6.92 Å². The summed E-state index contributed by atoms with van der Waals surface area (Å²) in [6.45, 7) is 1.79. The number of carboxylic acid groups (broad SMARTS) is 1. The summed E-state index contributed by atoms with van der Waals surface area (Å²) >= 11 is 1.22. The molecule has 110 valence electrons. The van der Waals surface area contributed by atoms with E-state index < -0.39 is 11.9 Å². The molecule has 7 heteroatoms. The SMILES string of the molecule is COC(=O)c1scc(C)c1NC(=O)CCCCC(=O)O. The molecule has 0 aliphatic carbocycles. The van der Waals surface area contributed by atoms with Crippen molar-refractivity contribution in [3.63, 3.8) is 0 Å². The van der Waals surface area contributed by atoms with Crippen LogP contribution in [0.4, 0.5) is 5.69 Å². The highest BCUT2D eigenvalue weighted by molar-refractivity contribution is 7.12. The number of esters is 1. The average Bonchev–Trinajstić information content (AvgIpc) is 2.75. The molecule has 2 N–H and O–H groups in total. The second-order valence-corrected chi connectivity index (χ2v) is 5.14. The van der Waals surface area contributed by atoms with E-state index in [4.69, 9.17) is 5.11 Å². The number of nitrogens with one attached hydrogen (secondary N) is 1. The Morgan fingerprint density at radius 1 is 1.30 bits per heavy atom. The van der Waals surface area contributed by atoms with Gasteiger partial charge in [-0.15, -0.1) is 11.3 Å². The number of methoxy groups -OCH3 is 1. The molecule has 0 unspecified atom stereocenters. The van der Waals surface area contributed by atoms with Crippen LogP contribution in [0.15, 0.2) is 5.38 Å². The number of carbonyl (C=O) groups excluding carboxylic acids is 2. The molecule has 0 saturated heterocycles. The fourth-order valence-corrected chi connectivity index (χ4v) is 2.53. The smallest absolute Gasteiger partial charge is 0.350 e. The van der Waals surface area contributed by atoms with E-state index in [1.807, 2.05) is 0 Å². The second kappa shape index (κ2) is 7.64. The van der Waals surface area contributed by atoms with Crippen molar-refractivity contribution in [2.45, 2.75) is 32.6 Å². The molecular weight excluding hydrogens is 282 g/mol. The lowest BCUT2D eigenvalue weighted by molar-refractivity contribution is -0.137. The zero-order chi connectivity index (χ0) is 15.1. The molecule has 0 atom stereocenters. The molecule has 0 aliphatic heterocycles. The highest BCUT2D eigenvalue weighted by atomic mass is 32.1. The summed E-state index contributed by atoms with van der Waals surface area (Å²) in [4.78, 5) is 34.0. The molecule has 0 radical (unpaired) electrons. The maximum absolute atomic E-state index is 11.8. The van der Waals surface area contributed by atoms with E-state index in [2.05, 4.69) is 10.1 Å². The molecule has 6 nitrogen and oxygen atoms in total. The number of carbonyl (C=O) groups is 3. The summed E-state index contributed by atoms with van der Waals surface area (Å²) < 4.78 is 4.65. The first-order valence-electron chi connectivity index (χ1n) is 6.13. The summed E-state index contributed by atoms with van der Waals surface area (Å²) in [5.41, 5.74) is 1.28. The number of hydrogen-bond donors (Lipinski definition) is 2. The maximum atomic E-state index is 11.8. The Bertz CT molecular complexity index is 509. The molecule has 0 bridgehead atoms. The van der Waals surface area contributed by atoms with Crippen molar-refractivity contribution in [3.8, 4) is 0 Å². The van der Waals surface area contributed by atoms with Gasteiger partial charge in [0.05, 0.1) is 12.8 Å². The number of anilines is 1. The van der Waals surface area contributed by atoms with E-state index in [0.29, 0.717) is 23.4 Å². The van der Waals surface area contributed by atoms with E-state index in [1.54, 1.807) is 12.3 Å². The molecule has 0 aromatic carbocycles. The van der Waals surface area contributed by atoms with Crippen molar-refractivity contribution in [1.82, 2.24) is 0 Å². The second-order valence-electron chi connectivity index (χ2n) is 4.26. The standard InChI is InChI=1S/C13H17NO5S/c1-8-7-20-12(13(18)19-2)11(8)14-9(15)5-3-4-6-10(16)17/h7H,3-6H2,1-2H3,(H,14,15)(H,16,17). The Morgan fingerprint density at radius 3 is 2.55 bits per heavy atom. The van der Waals surface area contributed by atoms with Crippen LogP contribution in [0.3, 0.4) is 0 Å². The number of rotatable bonds is 7. The van der Waals surface area contributed by atoms with Crippen LogP contribution >= 0.6 is 11.3 Å². The van der Waals surface area contributed by atoms with Gasteiger partial charge in [-0.1, -0.05) is 0 Å². The fraction of sp³-hybridized carbons (Fsp3) is 0.462. The van der Waals surface area contributed by atoms with Gasteiger partial charge in [-0.05, 0) is 30.7 Å². The Hall–Kier alpha value is -1.89. The summed E-state index contributed by atoms with van der Waals surface area (Å²) in [5, 5.41) is 13.0. The first-order valence-corrected chi connectivity index (χ1v) is 7.01. The highest BCUT2D eigenvalue weighted by Gasteiger charge is 2.18. The number of unbranched alkanes of at least 4 members (excludes halogenated alkanes) is 1. The first-order chi connectivity index (χ1) is 9.45. The lowest BCUT2D eigenvalue weighted by Crippen LogP contribution is -2.14. The molecule has 20 heavy (non-hydrogen) atoms. The number of amides is 1. The molecule has 1 aromatic rings. The van der Waals surface area contributed by atoms with Gasteiger partial charge in [0.2, 0.25) is 5.91 Å². The number of thiophene rings is 1. The van der Waals surface area contributed by atoms with E-state index >= 15 is 0 Å². The Kier molecular flexibility index (Phi) is 6.17. The normalized spacial score (nSPS) is 10.1. The summed E-state index contributed by atoms with van der Waals surface area (Å²) in [6, 6.07) is 0. The van der Waals surface area contributed by atoms with Crippen molar-refractivity contribution in [3.05, 3.63) is 15.8 Å². The van der Waals surface area contributed by atoms with Gasteiger partial charge in [0.15, 0.2) is 0 Å². The number of aliphatic carboxylic acids is 1. The molecule has 1 aromatic heterocycles. The highest BCUT2D eigenvalue weighted by Crippen LogP contribution is 2.28. The molecule has 1 rings (SSSR count). The van der Waals surface area contributed by atoms with Gasteiger partial charge < -0.3 is 15.2 Å². The number of carboxylic acids is 1. The van der Waals surface area contributed by atoms with E-state index in [-0.39, 0.29) is 18.7 Å². The Balaban J connectivity index is 2.55. The van der Waals surface area contributed by atoms with Crippen LogP contribution < -0.4 is 5.32 Å². The van der Waals surface area contributed by atoms with Crippen LogP contribution in [-0.2, 0) is 14.3 Å². The summed E-state index contributed by atoms with van der Waals surface area (Å²) in [6.07, 6.45) is 1.23. The van der Waals surface area contributed by atoms with Crippen molar-refractivity contribution >= 4 is 34.9 Å². The van der Waals surface area contributed by atoms with Gasteiger partial charge in [0, 0.05) is 12.8 Å². The van der Waals surface area contributed by atoms with Crippen molar-refractivity contribution in [1.29, 1.82) is 0 Å². The molecular formula is C13H17NO5S. The largest absolute Gasteiger partial charge is 0.481 e. The van der Waals surface area contributed by atoms with E-state index in [0.717, 1.165) is 5.56 Å². The Labute approximate surface area is 120 Å². The van der Waals surface area contributed by atoms with Crippen molar-refractivity contribution in [2.24, 2.45) is 0 Å². The van der Waals surface area contributed by atoms with Crippen LogP contribution in [0.5, 0.6) is 0 Å². The molecule has 0 saturated carbocycles. The van der Waals surface area contributed by atoms with Gasteiger partial charge in [0.1, 0.15) is 4.88 Å². The lowest BCUT2D eigenvalue weighted by atomic mass is 10.2. The third kappa shape index (κ3) is 4.65. The van der Waals surface area contributed by atoms with Gasteiger partial charge in [0.25, 0.3) is 0 Å². The minimum atomic E-state index is -0.868. The zero-order valence-electron chi connectivity index (χ0n) is 11.4. The monoisotopic (exact) mass is 299 g/mol. The van der Waals surface area contributed by atoms with Crippen molar-refractivity contribution < 1.29 is 24.2 Å². The molecule has 0 aliphatic rings. The number of hydrogen-bond acceptors (Lipinski definition) is 5. The molecule has 1 heterocycles. The lowest BCUT2D eigenvalue weighted by Gasteiger charge is -2.07. The zero-order valence-corrected chi connectivity index (χ0v) is 12.2. The van der Waals surface area contributed by atoms with Crippen molar-refractivity contribution in [2.75, 3.05) is 12.4 Å². The van der Waals surface area contributed by atoms with E-state index in [1.165, 1.54) is 18.4 Å². The van der Waals surface area contributed by atoms with Crippen LogP contribution in [0.1, 0.15) is 40.9 Å². The third-order valence-electron chi connectivity index (χ3n) is 2.65. The Morgan fingerprint density at radius 2 is 1.95 bits per heavy atom. The van der Waals surface area contributed by atoms with Gasteiger partial charge in [-0.2, -0.15) is 0 Å².